The van der Waals surface area contributed by atoms with Gasteiger partial charge < -0.3 is 9.47 Å². The molecule has 136 valence electrons. The van der Waals surface area contributed by atoms with Crippen LogP contribution in [-0.4, -0.2) is 25.3 Å². The molecule has 0 bridgehead atoms. The highest BCUT2D eigenvalue weighted by Crippen LogP contribution is 2.16. The van der Waals surface area contributed by atoms with Gasteiger partial charge in [0.25, 0.3) is 5.91 Å². The van der Waals surface area contributed by atoms with Crippen molar-refractivity contribution in [1.29, 1.82) is 0 Å². The summed E-state index contributed by atoms with van der Waals surface area (Å²) >= 11 is 0. The third-order valence-corrected chi connectivity index (χ3v) is 3.35. The molecule has 0 spiro atoms. The Morgan fingerprint density at radius 3 is 2.58 bits per heavy atom. The number of benzene rings is 2. The van der Waals surface area contributed by atoms with Crippen molar-refractivity contribution >= 4 is 12.1 Å². The van der Waals surface area contributed by atoms with Gasteiger partial charge in [-0.25, -0.2) is 5.43 Å². The average Bonchev–Trinajstić information content (AvgIpc) is 2.66. The van der Waals surface area contributed by atoms with Gasteiger partial charge in [0.15, 0.2) is 0 Å². The van der Waals surface area contributed by atoms with Gasteiger partial charge in [-0.2, -0.15) is 5.10 Å². The summed E-state index contributed by atoms with van der Waals surface area (Å²) in [6.07, 6.45) is 3.22. The Kier molecular flexibility index (Phi) is 7.43. The molecule has 0 atom stereocenters. The van der Waals surface area contributed by atoms with Gasteiger partial charge in [0.2, 0.25) is 0 Å². The molecule has 0 heterocycles. The van der Waals surface area contributed by atoms with Crippen LogP contribution in [0.3, 0.4) is 0 Å². The number of ether oxygens (including phenoxy) is 2. The quantitative estimate of drug-likeness (QED) is 0.421. The summed E-state index contributed by atoms with van der Waals surface area (Å²) in [5.41, 5.74) is 3.79. The molecular weight excluding hydrogens is 328 g/mol. The molecule has 0 radical (unpaired) electrons. The van der Waals surface area contributed by atoms with Gasteiger partial charge in [-0.15, -0.1) is 0 Å². The van der Waals surface area contributed by atoms with Crippen molar-refractivity contribution in [3.05, 3.63) is 72.3 Å². The van der Waals surface area contributed by atoms with E-state index in [1.807, 2.05) is 24.3 Å². The number of nitrogens with one attached hydrogen (secondary N) is 1. The molecule has 5 heteroatoms. The fourth-order valence-electron chi connectivity index (χ4n) is 2.06. The van der Waals surface area contributed by atoms with Crippen molar-refractivity contribution in [1.82, 2.24) is 5.43 Å². The number of carbonyl (C=O) groups excluding carboxylic acids is 1. The maximum Gasteiger partial charge on any atom is 0.271 e. The van der Waals surface area contributed by atoms with Crippen LogP contribution in [0.1, 0.15) is 29.8 Å². The minimum Gasteiger partial charge on any atom is -0.493 e. The van der Waals surface area contributed by atoms with Crippen LogP contribution in [0.5, 0.6) is 11.5 Å². The molecule has 0 aliphatic heterocycles. The molecule has 0 saturated carbocycles. The second-order valence-corrected chi connectivity index (χ2v) is 6.07. The van der Waals surface area contributed by atoms with Gasteiger partial charge in [0.05, 0.1) is 12.8 Å². The maximum absolute atomic E-state index is 12.2. The smallest absolute Gasteiger partial charge is 0.271 e. The Balaban J connectivity index is 1.94. The lowest BCUT2D eigenvalue weighted by Gasteiger charge is -2.09. The molecule has 1 amide bonds. The Bertz CT molecular complexity index is 752. The third-order valence-electron chi connectivity index (χ3n) is 3.35. The summed E-state index contributed by atoms with van der Waals surface area (Å²) in [5.74, 6) is 1.58. The Morgan fingerprint density at radius 1 is 1.15 bits per heavy atom. The van der Waals surface area contributed by atoms with Crippen LogP contribution in [0.15, 0.2) is 66.3 Å². The zero-order valence-electron chi connectivity index (χ0n) is 15.1. The van der Waals surface area contributed by atoms with Gasteiger partial charge in [-0.1, -0.05) is 38.6 Å². The van der Waals surface area contributed by atoms with Crippen LogP contribution >= 0.6 is 0 Å². The normalized spacial score (nSPS) is 10.7. The van der Waals surface area contributed by atoms with Crippen LogP contribution in [-0.2, 0) is 0 Å². The van der Waals surface area contributed by atoms with E-state index in [1.165, 1.54) is 0 Å². The lowest BCUT2D eigenvalue weighted by Crippen LogP contribution is -2.17. The fraction of sp³-hybridized carbons (Fsp3) is 0.238. The highest BCUT2D eigenvalue weighted by atomic mass is 16.5. The van der Waals surface area contributed by atoms with E-state index >= 15 is 0 Å². The molecule has 0 aromatic heterocycles. The summed E-state index contributed by atoms with van der Waals surface area (Å²) < 4.78 is 11.1. The Morgan fingerprint density at radius 2 is 1.88 bits per heavy atom. The molecule has 0 saturated heterocycles. The number of rotatable bonds is 9. The van der Waals surface area contributed by atoms with Gasteiger partial charge in [-0.3, -0.25) is 4.79 Å². The van der Waals surface area contributed by atoms with Gasteiger partial charge >= 0.3 is 0 Å². The molecular formula is C21H24N2O3. The van der Waals surface area contributed by atoms with Crippen LogP contribution in [0, 0.1) is 5.92 Å². The predicted molar refractivity (Wildman–Crippen MR) is 104 cm³/mol. The zero-order valence-corrected chi connectivity index (χ0v) is 15.1. The number of para-hydroxylation sites is 1. The molecule has 2 aromatic rings. The summed E-state index contributed by atoms with van der Waals surface area (Å²) in [7, 11) is 0. The van der Waals surface area contributed by atoms with E-state index in [-0.39, 0.29) is 5.91 Å². The molecule has 1 N–H and O–H groups in total. The predicted octanol–water partition coefficient (Wildman–Crippen LogP) is 4.05. The molecule has 0 fully saturated rings. The number of carbonyl (C=O) groups is 1. The number of hydrogen-bond acceptors (Lipinski definition) is 4. The van der Waals surface area contributed by atoms with E-state index in [0.717, 1.165) is 11.3 Å². The summed E-state index contributed by atoms with van der Waals surface area (Å²) in [6.45, 7) is 8.84. The van der Waals surface area contributed by atoms with Crippen molar-refractivity contribution in [3.8, 4) is 11.5 Å². The second-order valence-electron chi connectivity index (χ2n) is 6.07. The largest absolute Gasteiger partial charge is 0.493 e. The number of hydrogen-bond donors (Lipinski definition) is 1. The highest BCUT2D eigenvalue weighted by molar-refractivity contribution is 5.95. The topological polar surface area (TPSA) is 59.9 Å². The van der Waals surface area contributed by atoms with Gasteiger partial charge in [0.1, 0.15) is 18.1 Å². The third kappa shape index (κ3) is 6.09. The maximum atomic E-state index is 12.2. The fourth-order valence-corrected chi connectivity index (χ4v) is 2.06. The molecule has 0 aliphatic rings. The minimum absolute atomic E-state index is 0.291. The molecule has 2 aromatic carbocycles. The molecule has 5 nitrogen and oxygen atoms in total. The Hall–Kier alpha value is -3.08. The van der Waals surface area contributed by atoms with E-state index in [0.29, 0.717) is 30.4 Å². The van der Waals surface area contributed by atoms with Crippen molar-refractivity contribution in [2.75, 3.05) is 13.2 Å². The van der Waals surface area contributed by atoms with Crippen molar-refractivity contribution < 1.29 is 14.3 Å². The van der Waals surface area contributed by atoms with Crippen LogP contribution in [0.2, 0.25) is 0 Å². The monoisotopic (exact) mass is 352 g/mol. The van der Waals surface area contributed by atoms with Gasteiger partial charge in [0, 0.05) is 11.1 Å². The number of nitrogens with zero attached hydrogens (tertiary/aromatic N) is 1. The van der Waals surface area contributed by atoms with Gasteiger partial charge in [-0.05, 0) is 42.3 Å². The first-order valence-electron chi connectivity index (χ1n) is 8.49. The van der Waals surface area contributed by atoms with E-state index in [2.05, 4.69) is 31.0 Å². The lowest BCUT2D eigenvalue weighted by atomic mass is 10.2. The molecule has 0 unspecified atom stereocenters. The standard InChI is InChI=1S/C21H24N2O3/c1-4-13-25-20-8-6-5-7-18(20)14-22-23-21(24)17-9-11-19(12-10-17)26-15-16(2)3/h4-12,14,16H,1,13,15H2,2-3H3,(H,23,24)/b22-14+. The van der Waals surface area contributed by atoms with Crippen molar-refractivity contribution in [3.63, 3.8) is 0 Å². The number of amides is 1. The van der Waals surface area contributed by atoms with Crippen LogP contribution < -0.4 is 14.9 Å². The minimum atomic E-state index is -0.291. The Labute approximate surface area is 154 Å². The van der Waals surface area contributed by atoms with Crippen LogP contribution in [0.25, 0.3) is 0 Å². The molecule has 26 heavy (non-hydrogen) atoms. The molecule has 0 aliphatic carbocycles. The summed E-state index contributed by atoms with van der Waals surface area (Å²) in [5, 5.41) is 4.01. The van der Waals surface area contributed by atoms with E-state index < -0.39 is 0 Å². The second kappa shape index (κ2) is 10.0. The first-order valence-corrected chi connectivity index (χ1v) is 8.49. The van der Waals surface area contributed by atoms with E-state index in [1.54, 1.807) is 36.6 Å². The first kappa shape index (κ1) is 19.2. The van der Waals surface area contributed by atoms with E-state index in [4.69, 9.17) is 9.47 Å². The lowest BCUT2D eigenvalue weighted by molar-refractivity contribution is 0.0955. The zero-order chi connectivity index (χ0) is 18.8. The average molecular weight is 352 g/mol. The summed E-state index contributed by atoms with van der Waals surface area (Å²) in [6, 6.07) is 14.4. The van der Waals surface area contributed by atoms with E-state index in [9.17, 15) is 4.79 Å². The molecule has 2 rings (SSSR count). The summed E-state index contributed by atoms with van der Waals surface area (Å²) in [4.78, 5) is 12.2. The first-order chi connectivity index (χ1) is 12.6. The van der Waals surface area contributed by atoms with Crippen molar-refractivity contribution in [2.45, 2.75) is 13.8 Å². The SMILES string of the molecule is C=CCOc1ccccc1/C=N/NC(=O)c1ccc(OCC(C)C)cc1. The van der Waals surface area contributed by atoms with Crippen LogP contribution in [0.4, 0.5) is 0 Å². The van der Waals surface area contributed by atoms with Crippen molar-refractivity contribution in [2.24, 2.45) is 11.0 Å². The highest BCUT2D eigenvalue weighted by Gasteiger charge is 2.05. The number of hydrazone groups is 1.